The Labute approximate surface area is 211 Å². The third kappa shape index (κ3) is 4.21. The van der Waals surface area contributed by atoms with Crippen LogP contribution in [0.3, 0.4) is 0 Å². The molecule has 0 saturated heterocycles. The molecule has 2 aliphatic rings. The smallest absolute Gasteiger partial charge is 0.343 e. The first-order chi connectivity index (χ1) is 17.2. The fourth-order valence-electron chi connectivity index (χ4n) is 4.51. The minimum Gasteiger partial charge on any atom is -0.464 e. The second-order valence-electron chi connectivity index (χ2n) is 8.49. The highest BCUT2D eigenvalue weighted by atomic mass is 79.9. The van der Waals surface area contributed by atoms with Gasteiger partial charge in [0.1, 0.15) is 11.5 Å². The van der Waals surface area contributed by atoms with Crippen LogP contribution in [0, 0.1) is 0 Å². The molecule has 2 heterocycles. The lowest BCUT2D eigenvalue weighted by Crippen LogP contribution is -2.33. The molecule has 0 aliphatic carbocycles. The highest BCUT2D eigenvalue weighted by Crippen LogP contribution is 2.47. The van der Waals surface area contributed by atoms with Gasteiger partial charge in [-0.3, -0.25) is 0 Å². The van der Waals surface area contributed by atoms with Crippen LogP contribution in [0.25, 0.3) is 0 Å². The van der Waals surface area contributed by atoms with Crippen LogP contribution in [-0.4, -0.2) is 16.7 Å². The van der Waals surface area contributed by atoms with E-state index in [0.717, 1.165) is 39.0 Å². The number of ether oxygens (including phenoxy) is 2. The molecule has 0 radical (unpaired) electrons. The summed E-state index contributed by atoms with van der Waals surface area (Å²) < 4.78 is 13.0. The van der Waals surface area contributed by atoms with Crippen molar-refractivity contribution in [2.45, 2.75) is 18.7 Å². The lowest BCUT2D eigenvalue weighted by molar-refractivity contribution is -0.0190. The summed E-state index contributed by atoms with van der Waals surface area (Å²) in [4.78, 5) is 12.4. The van der Waals surface area contributed by atoms with Crippen molar-refractivity contribution in [1.29, 1.82) is 0 Å². The summed E-state index contributed by atoms with van der Waals surface area (Å²) in [5.74, 6) is 0.964. The summed E-state index contributed by atoms with van der Waals surface area (Å²) in [5, 5.41) is 7.05. The van der Waals surface area contributed by atoms with Gasteiger partial charge in [0.05, 0.1) is 17.3 Å². The summed E-state index contributed by atoms with van der Waals surface area (Å²) >= 11 is 3.51. The average molecular weight is 525 g/mol. The Kier molecular flexibility index (Phi) is 5.58. The molecule has 0 fully saturated rings. The van der Waals surface area contributed by atoms with Crippen LogP contribution >= 0.6 is 15.9 Å². The van der Waals surface area contributed by atoms with Gasteiger partial charge < -0.3 is 9.47 Å². The minimum absolute atomic E-state index is 0.0826. The standard InChI is InChI=1S/C29H21BrN2O3/c30-22-14-10-19(11-15-22)25-18-26-24-8-4-5-9-27(24)35-28(32(26)31-25)20-12-16-23(17-13-20)34-29(33)21-6-2-1-3-7-21/h1-17,26,28H,18H2/t26-,28-/m0/s1. The molecule has 2 aliphatic heterocycles. The number of halogens is 1. The van der Waals surface area contributed by atoms with E-state index < -0.39 is 0 Å². The highest BCUT2D eigenvalue weighted by Gasteiger charge is 2.40. The van der Waals surface area contributed by atoms with E-state index in [-0.39, 0.29) is 18.2 Å². The van der Waals surface area contributed by atoms with Gasteiger partial charge in [0.25, 0.3) is 0 Å². The quantitative estimate of drug-likeness (QED) is 0.215. The van der Waals surface area contributed by atoms with Crippen molar-refractivity contribution >= 4 is 27.6 Å². The molecule has 35 heavy (non-hydrogen) atoms. The zero-order valence-electron chi connectivity index (χ0n) is 18.7. The van der Waals surface area contributed by atoms with Crippen LogP contribution in [0.5, 0.6) is 11.5 Å². The molecule has 0 amide bonds. The molecule has 2 atom stereocenters. The van der Waals surface area contributed by atoms with Gasteiger partial charge in [-0.05, 0) is 60.2 Å². The van der Waals surface area contributed by atoms with Gasteiger partial charge in [0.2, 0.25) is 6.23 Å². The maximum absolute atomic E-state index is 12.4. The van der Waals surface area contributed by atoms with Crippen LogP contribution in [0.1, 0.15) is 45.7 Å². The SMILES string of the molecule is O=C(Oc1ccc([C@@H]2Oc3ccccc3[C@@H]3CC(c4ccc(Br)cc4)=NN32)cc1)c1ccccc1. The van der Waals surface area contributed by atoms with E-state index in [1.165, 1.54) is 0 Å². The predicted octanol–water partition coefficient (Wildman–Crippen LogP) is 6.91. The third-order valence-corrected chi connectivity index (χ3v) is 6.79. The summed E-state index contributed by atoms with van der Waals surface area (Å²) in [5.41, 5.74) is 4.71. The molecule has 0 saturated carbocycles. The number of rotatable bonds is 4. The normalized spacial score (nSPS) is 18.2. The molecule has 0 spiro atoms. The summed E-state index contributed by atoms with van der Waals surface area (Å²) in [6, 6.07) is 32.9. The number of hydrogen-bond donors (Lipinski definition) is 0. The number of carbonyl (C=O) groups is 1. The molecule has 0 bridgehead atoms. The third-order valence-electron chi connectivity index (χ3n) is 6.26. The van der Waals surface area contributed by atoms with Gasteiger partial charge >= 0.3 is 5.97 Å². The van der Waals surface area contributed by atoms with Gasteiger partial charge in [-0.15, -0.1) is 0 Å². The van der Waals surface area contributed by atoms with Crippen molar-refractivity contribution < 1.29 is 14.3 Å². The molecule has 5 nitrogen and oxygen atoms in total. The van der Waals surface area contributed by atoms with Crippen LogP contribution in [0.4, 0.5) is 0 Å². The fourth-order valence-corrected chi connectivity index (χ4v) is 4.78. The number of nitrogens with zero attached hydrogens (tertiary/aromatic N) is 2. The number of carbonyl (C=O) groups excluding carboxylic acids is 1. The molecule has 6 heteroatoms. The Hall–Kier alpha value is -3.90. The van der Waals surface area contributed by atoms with E-state index in [1.54, 1.807) is 24.3 Å². The first-order valence-electron chi connectivity index (χ1n) is 11.4. The van der Waals surface area contributed by atoms with Crippen molar-refractivity contribution in [3.63, 3.8) is 0 Å². The van der Waals surface area contributed by atoms with Crippen molar-refractivity contribution in [2.75, 3.05) is 0 Å². The summed E-state index contributed by atoms with van der Waals surface area (Å²) in [7, 11) is 0. The van der Waals surface area contributed by atoms with E-state index in [2.05, 4.69) is 34.1 Å². The van der Waals surface area contributed by atoms with Gasteiger partial charge in [-0.25, -0.2) is 9.80 Å². The van der Waals surface area contributed by atoms with E-state index in [4.69, 9.17) is 14.6 Å². The average Bonchev–Trinajstić information content (AvgIpc) is 3.35. The highest BCUT2D eigenvalue weighted by molar-refractivity contribution is 9.10. The van der Waals surface area contributed by atoms with Crippen LogP contribution in [0.2, 0.25) is 0 Å². The Balaban J connectivity index is 1.29. The lowest BCUT2D eigenvalue weighted by Gasteiger charge is -2.38. The number of hydrogen-bond acceptors (Lipinski definition) is 5. The largest absolute Gasteiger partial charge is 0.464 e. The zero-order chi connectivity index (χ0) is 23.8. The number of esters is 1. The summed E-state index contributed by atoms with van der Waals surface area (Å²) in [6.45, 7) is 0. The van der Waals surface area contributed by atoms with Crippen LogP contribution in [-0.2, 0) is 0 Å². The number of hydrazone groups is 1. The zero-order valence-corrected chi connectivity index (χ0v) is 20.3. The first-order valence-corrected chi connectivity index (χ1v) is 12.2. The van der Waals surface area contributed by atoms with Crippen molar-refractivity contribution in [3.8, 4) is 11.5 Å². The molecule has 0 aromatic heterocycles. The molecule has 4 aromatic carbocycles. The molecule has 6 rings (SSSR count). The Morgan fingerprint density at radius 1 is 0.886 bits per heavy atom. The maximum atomic E-state index is 12.4. The van der Waals surface area contributed by atoms with E-state index in [1.807, 2.05) is 65.7 Å². The monoisotopic (exact) mass is 524 g/mol. The van der Waals surface area contributed by atoms with Gasteiger partial charge in [0, 0.05) is 22.0 Å². The Morgan fingerprint density at radius 3 is 2.37 bits per heavy atom. The van der Waals surface area contributed by atoms with Crippen LogP contribution in [0.15, 0.2) is 113 Å². The van der Waals surface area contributed by atoms with Crippen molar-refractivity contribution in [1.82, 2.24) is 5.01 Å². The fraction of sp³-hybridized carbons (Fsp3) is 0.103. The molecule has 172 valence electrons. The second kappa shape index (κ2) is 9.04. The number of benzene rings is 4. The molecular weight excluding hydrogens is 504 g/mol. The lowest BCUT2D eigenvalue weighted by atomic mass is 9.96. The predicted molar refractivity (Wildman–Crippen MR) is 138 cm³/mol. The van der Waals surface area contributed by atoms with E-state index >= 15 is 0 Å². The van der Waals surface area contributed by atoms with E-state index in [9.17, 15) is 4.79 Å². The second-order valence-corrected chi connectivity index (χ2v) is 9.40. The topological polar surface area (TPSA) is 51.1 Å². The van der Waals surface area contributed by atoms with E-state index in [0.29, 0.717) is 11.3 Å². The van der Waals surface area contributed by atoms with Crippen molar-refractivity contribution in [2.24, 2.45) is 5.10 Å². The summed E-state index contributed by atoms with van der Waals surface area (Å²) in [6.07, 6.45) is 0.410. The van der Waals surface area contributed by atoms with Crippen molar-refractivity contribution in [3.05, 3.63) is 130 Å². The van der Waals surface area contributed by atoms with Gasteiger partial charge in [0.15, 0.2) is 0 Å². The minimum atomic E-state index is -0.387. The maximum Gasteiger partial charge on any atom is 0.343 e. The van der Waals surface area contributed by atoms with Gasteiger partial charge in [-0.2, -0.15) is 5.10 Å². The molecule has 0 unspecified atom stereocenters. The first kappa shape index (κ1) is 21.6. The van der Waals surface area contributed by atoms with Gasteiger partial charge in [-0.1, -0.05) is 64.5 Å². The Morgan fingerprint density at radius 2 is 1.60 bits per heavy atom. The molecule has 4 aromatic rings. The van der Waals surface area contributed by atoms with Crippen LogP contribution < -0.4 is 9.47 Å². The number of fused-ring (bicyclic) bond motifs is 3. The number of para-hydroxylation sites is 1. The molecular formula is C29H21BrN2O3. The molecule has 0 N–H and O–H groups in total. The Bertz CT molecular complexity index is 1400.